The summed E-state index contributed by atoms with van der Waals surface area (Å²) < 4.78 is 0. The van der Waals surface area contributed by atoms with Gasteiger partial charge in [-0.05, 0) is 100.0 Å². The van der Waals surface area contributed by atoms with Gasteiger partial charge in [-0.3, -0.25) is 0 Å². The second kappa shape index (κ2) is 9.73. The monoisotopic (exact) mass is 622 g/mol. The predicted octanol–water partition coefficient (Wildman–Crippen LogP) is 12.5. The van der Waals surface area contributed by atoms with E-state index in [0.29, 0.717) is 0 Å². The van der Waals surface area contributed by atoms with Gasteiger partial charge in [-0.1, -0.05) is 126 Å². The lowest BCUT2D eigenvalue weighted by Crippen LogP contribution is -2.43. The zero-order valence-electron chi connectivity index (χ0n) is 29.0. The van der Waals surface area contributed by atoms with Gasteiger partial charge in [0.15, 0.2) is 0 Å². The summed E-state index contributed by atoms with van der Waals surface area (Å²) in [4.78, 5) is 5.11. The summed E-state index contributed by atoms with van der Waals surface area (Å²) in [6.07, 6.45) is 0. The number of para-hydroxylation sites is 2. The molecule has 0 saturated heterocycles. The minimum Gasteiger partial charge on any atom is -0.310 e. The summed E-state index contributed by atoms with van der Waals surface area (Å²) in [6, 6.07) is 47.7. The van der Waals surface area contributed by atoms with Gasteiger partial charge in [0.25, 0.3) is 0 Å². The van der Waals surface area contributed by atoms with E-state index in [9.17, 15) is 0 Å². The van der Waals surface area contributed by atoms with Crippen molar-refractivity contribution in [1.29, 1.82) is 0 Å². The number of aryl methyl sites for hydroxylation is 1. The Hall–Kier alpha value is -5.08. The molecule has 3 aliphatic heterocycles. The molecule has 0 spiro atoms. The number of rotatable bonds is 4. The zero-order valence-corrected chi connectivity index (χ0v) is 29.0. The highest BCUT2D eigenvalue weighted by Gasteiger charge is 2.52. The van der Waals surface area contributed by atoms with Crippen LogP contribution in [0, 0.1) is 6.92 Å². The summed E-state index contributed by atoms with van der Waals surface area (Å²) in [5.41, 5.74) is 19.2. The first kappa shape index (κ1) is 29.1. The largest absolute Gasteiger partial charge is 0.310 e. The fraction of sp³-hybridized carbons (Fsp3) is 0.217. The van der Waals surface area contributed by atoms with E-state index in [0.717, 1.165) is 11.4 Å². The topological polar surface area (TPSA) is 6.48 Å². The predicted molar refractivity (Wildman–Crippen MR) is 202 cm³/mol. The number of nitrogens with zero attached hydrogens (tertiary/aromatic N) is 2. The molecule has 236 valence electrons. The standard InChI is InChI=1S/C46H42N2/c1-29-21-23-33(24-22-29)47(32-17-12-9-13-18-32)34-27-39-43-40(28-34)46(6,7)38-26-31(30-15-10-8-11-16-30)25-37-42(38)48(43)41-35(44(37,2)3)19-14-20-36(41)45(39,4)5/h8-28H,1-7H3. The maximum absolute atomic E-state index is 2.67. The normalized spacial score (nSPS) is 16.7. The molecule has 0 fully saturated rings. The van der Waals surface area contributed by atoms with Gasteiger partial charge in [-0.15, -0.1) is 0 Å². The Balaban J connectivity index is 1.40. The van der Waals surface area contributed by atoms with E-state index in [4.69, 9.17) is 0 Å². The van der Waals surface area contributed by atoms with Crippen LogP contribution in [-0.4, -0.2) is 0 Å². The quantitative estimate of drug-likeness (QED) is 0.193. The third-order valence-corrected chi connectivity index (χ3v) is 11.6. The van der Waals surface area contributed by atoms with Crippen LogP contribution in [0.1, 0.15) is 80.5 Å². The Morgan fingerprint density at radius 2 is 0.833 bits per heavy atom. The zero-order chi connectivity index (χ0) is 33.2. The molecule has 2 nitrogen and oxygen atoms in total. The Morgan fingerprint density at radius 1 is 0.396 bits per heavy atom. The number of hydrogen-bond donors (Lipinski definition) is 0. The van der Waals surface area contributed by atoms with Gasteiger partial charge in [-0.2, -0.15) is 0 Å². The molecular weight excluding hydrogens is 581 g/mol. The molecule has 48 heavy (non-hydrogen) atoms. The van der Waals surface area contributed by atoms with Gasteiger partial charge in [-0.25, -0.2) is 0 Å². The van der Waals surface area contributed by atoms with Crippen LogP contribution in [0.2, 0.25) is 0 Å². The van der Waals surface area contributed by atoms with E-state index >= 15 is 0 Å². The smallest absolute Gasteiger partial charge is 0.0545 e. The van der Waals surface area contributed by atoms with Crippen LogP contribution in [0.5, 0.6) is 0 Å². The third-order valence-electron chi connectivity index (χ3n) is 11.6. The molecule has 6 aromatic rings. The van der Waals surface area contributed by atoms with Gasteiger partial charge in [0, 0.05) is 33.3 Å². The Bertz CT molecular complexity index is 2260. The first-order valence-electron chi connectivity index (χ1n) is 17.3. The molecule has 2 heteroatoms. The van der Waals surface area contributed by atoms with Crippen LogP contribution in [-0.2, 0) is 16.2 Å². The Morgan fingerprint density at radius 3 is 1.38 bits per heavy atom. The molecule has 6 aromatic carbocycles. The van der Waals surface area contributed by atoms with Gasteiger partial charge >= 0.3 is 0 Å². The summed E-state index contributed by atoms with van der Waals surface area (Å²) in [5.74, 6) is 0. The molecule has 3 heterocycles. The van der Waals surface area contributed by atoms with Crippen molar-refractivity contribution in [3.05, 3.63) is 166 Å². The van der Waals surface area contributed by atoms with Crippen molar-refractivity contribution in [2.75, 3.05) is 9.80 Å². The maximum atomic E-state index is 2.67. The highest BCUT2D eigenvalue weighted by molar-refractivity contribution is 6.00. The molecule has 3 aliphatic rings. The summed E-state index contributed by atoms with van der Waals surface area (Å²) in [6.45, 7) is 16.8. The fourth-order valence-corrected chi connectivity index (χ4v) is 8.85. The number of benzene rings is 6. The van der Waals surface area contributed by atoms with Crippen molar-refractivity contribution in [2.24, 2.45) is 0 Å². The van der Waals surface area contributed by atoms with Crippen molar-refractivity contribution in [3.63, 3.8) is 0 Å². The van der Waals surface area contributed by atoms with Crippen molar-refractivity contribution in [1.82, 2.24) is 0 Å². The van der Waals surface area contributed by atoms with E-state index in [1.165, 1.54) is 72.8 Å². The molecule has 0 unspecified atom stereocenters. The lowest BCUT2D eigenvalue weighted by molar-refractivity contribution is 0.567. The molecule has 0 radical (unpaired) electrons. The second-order valence-corrected chi connectivity index (χ2v) is 15.6. The van der Waals surface area contributed by atoms with Crippen molar-refractivity contribution < 1.29 is 0 Å². The highest BCUT2D eigenvalue weighted by atomic mass is 15.2. The molecule has 0 bridgehead atoms. The average Bonchev–Trinajstić information content (AvgIpc) is 3.09. The Labute approximate surface area is 285 Å². The Kier molecular flexibility index (Phi) is 5.90. The van der Waals surface area contributed by atoms with Crippen LogP contribution in [0.4, 0.5) is 34.1 Å². The molecule has 0 aromatic heterocycles. The minimum atomic E-state index is -0.253. The van der Waals surface area contributed by atoms with Gasteiger partial charge in [0.05, 0.1) is 17.1 Å². The summed E-state index contributed by atoms with van der Waals surface area (Å²) in [7, 11) is 0. The fourth-order valence-electron chi connectivity index (χ4n) is 8.85. The summed E-state index contributed by atoms with van der Waals surface area (Å²) in [5, 5.41) is 0. The van der Waals surface area contributed by atoms with Gasteiger partial charge in [0.2, 0.25) is 0 Å². The number of hydrogen-bond acceptors (Lipinski definition) is 2. The molecule has 9 rings (SSSR count). The molecule has 0 atom stereocenters. The molecule has 0 N–H and O–H groups in total. The lowest BCUT2D eigenvalue weighted by atomic mass is 9.60. The van der Waals surface area contributed by atoms with Crippen molar-refractivity contribution >= 4 is 34.1 Å². The second-order valence-electron chi connectivity index (χ2n) is 15.6. The van der Waals surface area contributed by atoms with Crippen LogP contribution in [0.15, 0.2) is 127 Å². The van der Waals surface area contributed by atoms with E-state index < -0.39 is 0 Å². The van der Waals surface area contributed by atoms with Crippen molar-refractivity contribution in [2.45, 2.75) is 64.7 Å². The van der Waals surface area contributed by atoms with Crippen LogP contribution in [0.25, 0.3) is 11.1 Å². The average molecular weight is 623 g/mol. The SMILES string of the molecule is Cc1ccc(N(c2ccccc2)c2cc3c4c(c2)C(C)(C)c2cc(-c5ccccc5)cc5c2N4c2c(cccc2C3(C)C)C5(C)C)cc1. The van der Waals surface area contributed by atoms with Crippen molar-refractivity contribution in [3.8, 4) is 11.1 Å². The van der Waals surface area contributed by atoms with Crippen LogP contribution in [0.3, 0.4) is 0 Å². The van der Waals surface area contributed by atoms with Gasteiger partial charge in [0.1, 0.15) is 0 Å². The van der Waals surface area contributed by atoms with E-state index in [1.54, 1.807) is 0 Å². The lowest BCUT2D eigenvalue weighted by Gasteiger charge is -2.55. The highest BCUT2D eigenvalue weighted by Crippen LogP contribution is 2.67. The van der Waals surface area contributed by atoms with Crippen LogP contribution >= 0.6 is 0 Å². The maximum Gasteiger partial charge on any atom is 0.0545 e. The van der Waals surface area contributed by atoms with Crippen LogP contribution < -0.4 is 9.80 Å². The van der Waals surface area contributed by atoms with E-state index in [2.05, 4.69) is 186 Å². The van der Waals surface area contributed by atoms with Gasteiger partial charge < -0.3 is 9.80 Å². The summed E-state index contributed by atoms with van der Waals surface area (Å²) >= 11 is 0. The first-order valence-corrected chi connectivity index (χ1v) is 17.3. The van der Waals surface area contributed by atoms with E-state index in [1.807, 2.05) is 0 Å². The number of anilines is 6. The molecule has 0 saturated carbocycles. The molecule has 0 aliphatic carbocycles. The molecule has 0 amide bonds. The minimum absolute atomic E-state index is 0.159. The van der Waals surface area contributed by atoms with E-state index in [-0.39, 0.29) is 16.2 Å². The first-order chi connectivity index (χ1) is 23.0. The molecular formula is C46H42N2. The third kappa shape index (κ3) is 3.80.